The molecular weight excluding hydrogens is 196 g/mol. The first-order valence-corrected chi connectivity index (χ1v) is 7.17. The van der Waals surface area contributed by atoms with Crippen LogP contribution < -0.4 is 0 Å². The molecule has 0 fully saturated rings. The highest BCUT2D eigenvalue weighted by atomic mass is 16.2. The minimum absolute atomic E-state index is 0.364. The van der Waals surface area contributed by atoms with Crippen LogP contribution in [0, 0.1) is 0 Å². The van der Waals surface area contributed by atoms with Gasteiger partial charge in [-0.15, -0.1) is 0 Å². The van der Waals surface area contributed by atoms with E-state index in [9.17, 15) is 0 Å². The maximum absolute atomic E-state index is 8.62. The average Bonchev–Trinajstić information content (AvgIpc) is 2.31. The SMILES string of the molecule is CCCC/C=C/CCCCCCCCCO. The van der Waals surface area contributed by atoms with E-state index in [1.807, 2.05) is 0 Å². The first-order valence-electron chi connectivity index (χ1n) is 7.17. The molecule has 0 aliphatic rings. The number of rotatable bonds is 12. The van der Waals surface area contributed by atoms with Gasteiger partial charge in [-0.1, -0.05) is 64.0 Å². The summed E-state index contributed by atoms with van der Waals surface area (Å²) in [5.74, 6) is 0. The van der Waals surface area contributed by atoms with E-state index >= 15 is 0 Å². The van der Waals surface area contributed by atoms with Gasteiger partial charge in [-0.2, -0.15) is 0 Å². The molecule has 0 aromatic rings. The molecule has 0 amide bonds. The Balaban J connectivity index is 2.95. The second-order valence-electron chi connectivity index (χ2n) is 4.60. The lowest BCUT2D eigenvalue weighted by Crippen LogP contribution is -1.83. The van der Waals surface area contributed by atoms with E-state index in [4.69, 9.17) is 5.11 Å². The first kappa shape index (κ1) is 15.7. The molecule has 0 bridgehead atoms. The van der Waals surface area contributed by atoms with Crippen molar-refractivity contribution in [3.8, 4) is 0 Å². The van der Waals surface area contributed by atoms with Crippen molar-refractivity contribution in [1.82, 2.24) is 0 Å². The molecule has 0 aliphatic carbocycles. The van der Waals surface area contributed by atoms with Crippen LogP contribution in [0.15, 0.2) is 12.2 Å². The van der Waals surface area contributed by atoms with Gasteiger partial charge in [0.15, 0.2) is 0 Å². The van der Waals surface area contributed by atoms with E-state index in [2.05, 4.69) is 19.1 Å². The second kappa shape index (κ2) is 14.7. The van der Waals surface area contributed by atoms with Crippen molar-refractivity contribution in [3.63, 3.8) is 0 Å². The molecule has 1 N–H and O–H groups in total. The molecular formula is C15H30O. The Morgan fingerprint density at radius 2 is 1.19 bits per heavy atom. The van der Waals surface area contributed by atoms with E-state index in [1.165, 1.54) is 64.2 Å². The summed E-state index contributed by atoms with van der Waals surface area (Å²) in [6.45, 7) is 2.60. The second-order valence-corrected chi connectivity index (χ2v) is 4.60. The summed E-state index contributed by atoms with van der Waals surface area (Å²) < 4.78 is 0. The topological polar surface area (TPSA) is 20.2 Å². The predicted molar refractivity (Wildman–Crippen MR) is 72.7 cm³/mol. The van der Waals surface area contributed by atoms with Crippen LogP contribution in [0.2, 0.25) is 0 Å². The maximum atomic E-state index is 8.62. The van der Waals surface area contributed by atoms with E-state index < -0.39 is 0 Å². The molecule has 0 spiro atoms. The number of unbranched alkanes of at least 4 members (excludes halogenated alkanes) is 9. The monoisotopic (exact) mass is 226 g/mol. The predicted octanol–water partition coefficient (Wildman–Crippen LogP) is 4.85. The summed E-state index contributed by atoms with van der Waals surface area (Å²) in [7, 11) is 0. The number of aliphatic hydroxyl groups excluding tert-OH is 1. The molecule has 0 aliphatic heterocycles. The van der Waals surface area contributed by atoms with Gasteiger partial charge in [0.25, 0.3) is 0 Å². The van der Waals surface area contributed by atoms with Gasteiger partial charge in [0.05, 0.1) is 0 Å². The van der Waals surface area contributed by atoms with Crippen LogP contribution in [0.1, 0.15) is 77.6 Å². The lowest BCUT2D eigenvalue weighted by atomic mass is 10.1. The van der Waals surface area contributed by atoms with Gasteiger partial charge in [0.1, 0.15) is 0 Å². The third-order valence-corrected chi connectivity index (χ3v) is 2.92. The molecule has 96 valence electrons. The summed E-state index contributed by atoms with van der Waals surface area (Å²) in [4.78, 5) is 0. The average molecular weight is 226 g/mol. The Hall–Kier alpha value is -0.300. The Kier molecular flexibility index (Phi) is 14.4. The maximum Gasteiger partial charge on any atom is 0.0431 e. The summed E-state index contributed by atoms with van der Waals surface area (Å²) in [6.07, 6.45) is 18.8. The Morgan fingerprint density at radius 1 is 0.688 bits per heavy atom. The van der Waals surface area contributed by atoms with Crippen molar-refractivity contribution in [2.75, 3.05) is 6.61 Å². The van der Waals surface area contributed by atoms with Crippen molar-refractivity contribution in [2.45, 2.75) is 77.6 Å². The minimum atomic E-state index is 0.364. The molecule has 0 unspecified atom stereocenters. The summed E-state index contributed by atoms with van der Waals surface area (Å²) in [5.41, 5.74) is 0. The minimum Gasteiger partial charge on any atom is -0.396 e. The molecule has 0 aromatic carbocycles. The van der Waals surface area contributed by atoms with Gasteiger partial charge in [-0.05, 0) is 25.7 Å². The van der Waals surface area contributed by atoms with Crippen molar-refractivity contribution < 1.29 is 5.11 Å². The number of hydrogen-bond donors (Lipinski definition) is 1. The quantitative estimate of drug-likeness (QED) is 0.373. The number of allylic oxidation sites excluding steroid dienone is 2. The zero-order chi connectivity index (χ0) is 11.9. The van der Waals surface area contributed by atoms with Crippen molar-refractivity contribution in [1.29, 1.82) is 0 Å². The zero-order valence-corrected chi connectivity index (χ0v) is 11.1. The van der Waals surface area contributed by atoms with Crippen LogP contribution in [-0.4, -0.2) is 11.7 Å². The van der Waals surface area contributed by atoms with Gasteiger partial charge < -0.3 is 5.11 Å². The van der Waals surface area contributed by atoms with Crippen molar-refractivity contribution >= 4 is 0 Å². The Morgan fingerprint density at radius 3 is 1.75 bits per heavy atom. The molecule has 0 radical (unpaired) electrons. The fraction of sp³-hybridized carbons (Fsp3) is 0.867. The van der Waals surface area contributed by atoms with Gasteiger partial charge in [-0.3, -0.25) is 0 Å². The third-order valence-electron chi connectivity index (χ3n) is 2.92. The highest BCUT2D eigenvalue weighted by Crippen LogP contribution is 2.09. The molecule has 16 heavy (non-hydrogen) atoms. The normalized spacial score (nSPS) is 11.4. The van der Waals surface area contributed by atoms with Crippen molar-refractivity contribution in [3.05, 3.63) is 12.2 Å². The molecule has 0 saturated carbocycles. The largest absolute Gasteiger partial charge is 0.396 e. The molecule has 1 nitrogen and oxygen atoms in total. The lowest BCUT2D eigenvalue weighted by molar-refractivity contribution is 0.282. The summed E-state index contributed by atoms with van der Waals surface area (Å²) in [5, 5.41) is 8.62. The molecule has 1 heteroatoms. The zero-order valence-electron chi connectivity index (χ0n) is 11.1. The molecule has 0 heterocycles. The Bertz CT molecular complexity index is 140. The van der Waals surface area contributed by atoms with Gasteiger partial charge in [0.2, 0.25) is 0 Å². The van der Waals surface area contributed by atoms with Gasteiger partial charge in [0, 0.05) is 6.61 Å². The third kappa shape index (κ3) is 13.7. The van der Waals surface area contributed by atoms with Crippen LogP contribution in [0.4, 0.5) is 0 Å². The highest BCUT2D eigenvalue weighted by molar-refractivity contribution is 4.80. The van der Waals surface area contributed by atoms with Crippen LogP contribution in [0.25, 0.3) is 0 Å². The van der Waals surface area contributed by atoms with Gasteiger partial charge >= 0.3 is 0 Å². The first-order chi connectivity index (χ1) is 7.91. The summed E-state index contributed by atoms with van der Waals surface area (Å²) >= 11 is 0. The standard InChI is InChI=1S/C15H30O/c1-2-3-4-5-6-7-8-9-10-11-12-13-14-15-16/h5-6,16H,2-4,7-15H2,1H3/b6-5+. The Labute approximate surface area is 102 Å². The van der Waals surface area contributed by atoms with E-state index in [0.29, 0.717) is 6.61 Å². The van der Waals surface area contributed by atoms with Crippen molar-refractivity contribution in [2.24, 2.45) is 0 Å². The van der Waals surface area contributed by atoms with Crippen LogP contribution in [0.3, 0.4) is 0 Å². The highest BCUT2D eigenvalue weighted by Gasteiger charge is 1.90. The molecule has 0 aromatic heterocycles. The van der Waals surface area contributed by atoms with E-state index in [1.54, 1.807) is 0 Å². The lowest BCUT2D eigenvalue weighted by Gasteiger charge is -1.99. The molecule has 0 rings (SSSR count). The fourth-order valence-corrected chi connectivity index (χ4v) is 1.82. The van der Waals surface area contributed by atoms with E-state index in [0.717, 1.165) is 6.42 Å². The smallest absolute Gasteiger partial charge is 0.0431 e. The molecule has 0 atom stereocenters. The van der Waals surface area contributed by atoms with Crippen LogP contribution in [0.5, 0.6) is 0 Å². The van der Waals surface area contributed by atoms with Crippen LogP contribution in [-0.2, 0) is 0 Å². The number of aliphatic hydroxyl groups is 1. The summed E-state index contributed by atoms with van der Waals surface area (Å²) in [6, 6.07) is 0. The fourth-order valence-electron chi connectivity index (χ4n) is 1.82. The van der Waals surface area contributed by atoms with Gasteiger partial charge in [-0.25, -0.2) is 0 Å². The number of hydrogen-bond acceptors (Lipinski definition) is 1. The molecule has 0 saturated heterocycles. The van der Waals surface area contributed by atoms with Crippen LogP contribution >= 0.6 is 0 Å². The van der Waals surface area contributed by atoms with E-state index in [-0.39, 0.29) is 0 Å².